The maximum atomic E-state index is 14.5. The van der Waals surface area contributed by atoms with Crippen molar-refractivity contribution in [3.63, 3.8) is 0 Å². The van der Waals surface area contributed by atoms with Crippen molar-refractivity contribution < 1.29 is 42.1 Å². The molecule has 0 aromatic carbocycles. The van der Waals surface area contributed by atoms with Crippen molar-refractivity contribution in [2.45, 2.75) is 269 Å². The van der Waals surface area contributed by atoms with Crippen LogP contribution in [0, 0.1) is 29.6 Å². The Balaban J connectivity index is 1.28. The number of carbonyl (C=O) groups is 2. The van der Waals surface area contributed by atoms with Gasteiger partial charge >= 0.3 is 0 Å². The third kappa shape index (κ3) is 14.6. The molecule has 5 aliphatic rings. The van der Waals surface area contributed by atoms with Gasteiger partial charge in [0.25, 0.3) is 0 Å². The molecule has 384 valence electrons. The van der Waals surface area contributed by atoms with E-state index in [1.807, 2.05) is 0 Å². The maximum absolute atomic E-state index is 14.5. The minimum absolute atomic E-state index is 0.0122. The van der Waals surface area contributed by atoms with Crippen LogP contribution in [0.25, 0.3) is 0 Å². The van der Waals surface area contributed by atoms with E-state index in [9.17, 15) is 9.59 Å². The molecule has 0 spiro atoms. The smallest absolute Gasteiger partial charge is 0.193 e. The molecule has 5 saturated heterocycles. The van der Waals surface area contributed by atoms with Gasteiger partial charge in [0.1, 0.15) is 18.2 Å². The zero-order chi connectivity index (χ0) is 49.8. The average molecular weight is 1080 g/mol. The van der Waals surface area contributed by atoms with Crippen molar-refractivity contribution in [2.24, 2.45) is 29.6 Å². The van der Waals surface area contributed by atoms with Crippen LogP contribution in [0.5, 0.6) is 0 Å². The van der Waals surface area contributed by atoms with Crippen LogP contribution in [-0.4, -0.2) is 102 Å². The fourth-order valence-electron chi connectivity index (χ4n) is 10.9. The lowest BCUT2D eigenvalue weighted by Crippen LogP contribution is -2.64. The molecule has 0 saturated carbocycles. The van der Waals surface area contributed by atoms with Crippen LogP contribution < -0.4 is 0 Å². The van der Waals surface area contributed by atoms with Crippen LogP contribution in [0.1, 0.15) is 160 Å². The van der Waals surface area contributed by atoms with Crippen molar-refractivity contribution >= 4 is 51.3 Å². The molecule has 0 aliphatic carbocycles. The predicted octanol–water partition coefficient (Wildman–Crippen LogP) is 13.7. The monoisotopic (exact) mass is 1080 g/mol. The van der Waals surface area contributed by atoms with E-state index in [2.05, 4.69) is 148 Å². The Morgan fingerprint density at radius 2 is 1.51 bits per heavy atom. The molecule has 0 aromatic heterocycles. The average Bonchev–Trinajstić information content (AvgIpc) is 3.73. The lowest BCUT2D eigenvalue weighted by Gasteiger charge is -2.54. The number of hydrogen-bond donors (Lipinski definition) is 0. The van der Waals surface area contributed by atoms with Crippen LogP contribution in [0.2, 0.25) is 36.3 Å². The highest BCUT2D eigenvalue weighted by molar-refractivity contribution is 14.1. The normalized spacial score (nSPS) is 36.6. The van der Waals surface area contributed by atoms with Crippen molar-refractivity contribution in [3.8, 4) is 0 Å². The Kier molecular flexibility index (Phi) is 20.5. The number of carbonyl (C=O) groups excluding carboxylic acids is 2. The quantitative estimate of drug-likeness (QED) is 0.0482. The lowest BCUT2D eigenvalue weighted by molar-refractivity contribution is -0.251. The largest absolute Gasteiger partial charge is 0.411 e. The zero-order valence-corrected chi connectivity index (χ0v) is 48.9. The zero-order valence-electron chi connectivity index (χ0n) is 44.7. The summed E-state index contributed by atoms with van der Waals surface area (Å²) in [6.45, 7) is 43.3. The third-order valence-electron chi connectivity index (χ3n) is 17.7. The van der Waals surface area contributed by atoms with E-state index in [1.165, 1.54) is 0 Å². The van der Waals surface area contributed by atoms with Gasteiger partial charge in [0, 0.05) is 31.6 Å². The predicted molar refractivity (Wildman–Crippen MR) is 286 cm³/mol. The number of hydrogen-bond acceptors (Lipinski definition) is 9. The Morgan fingerprint density at radius 1 is 0.836 bits per heavy atom. The highest BCUT2D eigenvalue weighted by Gasteiger charge is 2.54. The standard InChI is InChI=1S/C55H95IO9Si2/c1-18-34(2)28-48-38(6)44(50(62-48)33-49-37(5)35(3)29-42(60-49)21-23-45-36(4)30-41(59-45)20-19-27-57)32-40(58)31-43-22-24-46-51(61-43)39(7)52(65-67(16,17)55(11,12)13)53(63-46)47(25-26-56)64-66(14,15)54(8,9)10/h25-27,34-35,38-39,41-53H,4-5,18-24,28-33H2,1-3,6-17H3/b26-25+/t34-,35-,38-,39+,41+,42?,43?,44-,45+,46+,47+,48-,49?,50+,51-,52+,53+/m1/s1. The summed E-state index contributed by atoms with van der Waals surface area (Å²) in [6.07, 6.45) is 12.1. The number of Topliss-reactive ketones (excluding diaryl/α,β-unsaturated/α-hetero) is 1. The molecule has 0 N–H and O–H groups in total. The van der Waals surface area contributed by atoms with E-state index in [0.717, 1.165) is 75.2 Å². The third-order valence-corrected chi connectivity index (χ3v) is 27.1. The van der Waals surface area contributed by atoms with E-state index in [1.54, 1.807) is 0 Å². The molecule has 3 unspecified atom stereocenters. The van der Waals surface area contributed by atoms with Gasteiger partial charge in [0.05, 0.1) is 67.1 Å². The van der Waals surface area contributed by atoms with Gasteiger partial charge in [-0.3, -0.25) is 4.79 Å². The number of ketones is 1. The molecule has 0 aromatic rings. The van der Waals surface area contributed by atoms with E-state index in [4.69, 9.17) is 32.5 Å². The molecule has 5 fully saturated rings. The highest BCUT2D eigenvalue weighted by Crippen LogP contribution is 2.47. The molecule has 12 heteroatoms. The Bertz CT molecular complexity index is 1690. The summed E-state index contributed by atoms with van der Waals surface area (Å²) in [5, 5.41) is 0.0538. The number of aldehydes is 1. The molecule has 67 heavy (non-hydrogen) atoms. The molecule has 17 atom stereocenters. The van der Waals surface area contributed by atoms with Gasteiger partial charge < -0.3 is 37.3 Å². The number of ether oxygens (including phenoxy) is 5. The first-order valence-corrected chi connectivity index (χ1v) is 33.5. The lowest BCUT2D eigenvalue weighted by atomic mass is 9.78. The molecular formula is C55H95IO9Si2. The summed E-state index contributed by atoms with van der Waals surface area (Å²) >= 11 is 2.31. The summed E-state index contributed by atoms with van der Waals surface area (Å²) in [4.78, 5) is 25.4. The van der Waals surface area contributed by atoms with Gasteiger partial charge in [0.2, 0.25) is 0 Å². The van der Waals surface area contributed by atoms with E-state index >= 15 is 0 Å². The fourth-order valence-corrected chi connectivity index (χ4v) is 13.9. The minimum atomic E-state index is -2.24. The minimum Gasteiger partial charge on any atom is -0.411 e. The number of fused-ring (bicyclic) bond motifs is 1. The highest BCUT2D eigenvalue weighted by atomic mass is 127. The van der Waals surface area contributed by atoms with Crippen LogP contribution >= 0.6 is 22.6 Å². The first kappa shape index (κ1) is 57.3. The summed E-state index contributed by atoms with van der Waals surface area (Å²) in [7, 11) is -4.41. The van der Waals surface area contributed by atoms with Crippen molar-refractivity contribution in [3.05, 3.63) is 34.5 Å². The second kappa shape index (κ2) is 24.0. The summed E-state index contributed by atoms with van der Waals surface area (Å²) in [5.74, 6) is 1.50. The van der Waals surface area contributed by atoms with Gasteiger partial charge in [-0.05, 0) is 133 Å². The summed E-state index contributed by atoms with van der Waals surface area (Å²) in [5.41, 5.74) is 2.26. The Hall–Kier alpha value is -0.556. The van der Waals surface area contributed by atoms with Crippen LogP contribution in [0.4, 0.5) is 0 Å². The number of halogens is 1. The summed E-state index contributed by atoms with van der Waals surface area (Å²) < 4.78 is 51.1. The maximum Gasteiger partial charge on any atom is 0.193 e. The SMILES string of the molecule is C=C1C(C[C@@H]2O[C@H](C[C@H](C)CC)[C@H](C)[C@H]2CC(=O)CC2CC[C@@H]3O[C@@H]([C@H](/C=C/I)O[Si](C)(C)C(C)(C)C)[C@@H](O[Si](C)(C)C(C)(C)C)[C@@H](C)[C@H]3O2)OC(CC[C@@H]2O[C@@H](CCC=O)CC2=C)C[C@H]1C. The van der Waals surface area contributed by atoms with Crippen molar-refractivity contribution in [2.75, 3.05) is 0 Å². The first-order valence-electron chi connectivity index (χ1n) is 26.4. The van der Waals surface area contributed by atoms with Gasteiger partial charge in [-0.25, -0.2) is 0 Å². The Morgan fingerprint density at radius 3 is 2.13 bits per heavy atom. The molecule has 0 radical (unpaired) electrons. The molecular weight excluding hydrogens is 988 g/mol. The Labute approximate surface area is 424 Å². The molecule has 5 heterocycles. The molecule has 5 rings (SSSR count). The molecule has 0 bridgehead atoms. The van der Waals surface area contributed by atoms with E-state index < -0.39 is 16.6 Å². The molecule has 5 aliphatic heterocycles. The van der Waals surface area contributed by atoms with E-state index in [0.29, 0.717) is 37.5 Å². The molecule has 0 amide bonds. The second-order valence-electron chi connectivity index (χ2n) is 24.9. The van der Waals surface area contributed by atoms with Crippen LogP contribution in [0.3, 0.4) is 0 Å². The van der Waals surface area contributed by atoms with Gasteiger partial charge in [0.15, 0.2) is 16.6 Å². The number of rotatable bonds is 21. The second-order valence-corrected chi connectivity index (χ2v) is 35.1. The fraction of sp³-hybridized carbons (Fsp3) is 0.855. The van der Waals surface area contributed by atoms with Crippen molar-refractivity contribution in [1.82, 2.24) is 0 Å². The first-order chi connectivity index (χ1) is 31.2. The summed E-state index contributed by atoms with van der Waals surface area (Å²) in [6, 6.07) is 0. The van der Waals surface area contributed by atoms with Crippen LogP contribution in [0.15, 0.2) is 34.5 Å². The van der Waals surface area contributed by atoms with E-state index in [-0.39, 0.29) is 107 Å². The van der Waals surface area contributed by atoms with Crippen molar-refractivity contribution in [1.29, 1.82) is 0 Å². The van der Waals surface area contributed by atoms with Crippen LogP contribution in [-0.2, 0) is 42.1 Å². The topological polar surface area (TPSA) is 98.8 Å². The van der Waals surface area contributed by atoms with Gasteiger partial charge in [-0.2, -0.15) is 0 Å². The molecule has 9 nitrogen and oxygen atoms in total. The van der Waals surface area contributed by atoms with Gasteiger partial charge in [-0.15, -0.1) is 0 Å². The van der Waals surface area contributed by atoms with Gasteiger partial charge in [-0.1, -0.05) is 118 Å².